The van der Waals surface area contributed by atoms with E-state index in [2.05, 4.69) is 16.9 Å². The Labute approximate surface area is 171 Å². The summed E-state index contributed by atoms with van der Waals surface area (Å²) in [6.07, 6.45) is 5.41. The predicted octanol–water partition coefficient (Wildman–Crippen LogP) is 2.58. The smallest absolute Gasteiger partial charge is 0.212 e. The molecule has 152 valence electrons. The van der Waals surface area contributed by atoms with Gasteiger partial charge in [0.2, 0.25) is 10.0 Å². The molecule has 0 aliphatic carbocycles. The normalized spacial score (nSPS) is 11.7. The average molecular weight is 413 g/mol. The van der Waals surface area contributed by atoms with Gasteiger partial charge in [-0.2, -0.15) is 9.57 Å². The topological polar surface area (TPSA) is 95.1 Å². The molecule has 9 heteroatoms. The molecule has 0 bridgehead atoms. The fourth-order valence-corrected chi connectivity index (χ4v) is 3.92. The molecule has 0 atom stereocenters. The number of aromatic nitrogens is 3. The minimum Gasteiger partial charge on any atom is -0.334 e. The first-order chi connectivity index (χ1) is 13.7. The zero-order valence-corrected chi connectivity index (χ0v) is 17.8. The number of benzene rings is 1. The SMILES string of the molecule is CCc1cc(CN(CC#N)S(C)(=O)=O)ccc1N(C)c1cc2c(cn1)ncn2C. The summed E-state index contributed by atoms with van der Waals surface area (Å²) < 4.78 is 26.9. The van der Waals surface area contributed by atoms with Crippen LogP contribution in [0.1, 0.15) is 18.1 Å². The van der Waals surface area contributed by atoms with Crippen LogP contribution in [-0.2, 0) is 30.0 Å². The third kappa shape index (κ3) is 4.39. The summed E-state index contributed by atoms with van der Waals surface area (Å²) in [7, 11) is 0.449. The van der Waals surface area contributed by atoms with E-state index in [1.54, 1.807) is 12.5 Å². The molecule has 0 fully saturated rings. The van der Waals surface area contributed by atoms with Crippen LogP contribution in [0.15, 0.2) is 36.8 Å². The van der Waals surface area contributed by atoms with Gasteiger partial charge in [0, 0.05) is 32.4 Å². The molecule has 0 unspecified atom stereocenters. The minimum atomic E-state index is -3.45. The number of fused-ring (bicyclic) bond motifs is 1. The van der Waals surface area contributed by atoms with Crippen molar-refractivity contribution in [2.45, 2.75) is 19.9 Å². The van der Waals surface area contributed by atoms with Gasteiger partial charge >= 0.3 is 0 Å². The lowest BCUT2D eigenvalue weighted by Gasteiger charge is -2.23. The maximum Gasteiger partial charge on any atom is 0.212 e. The molecule has 2 aromatic heterocycles. The van der Waals surface area contributed by atoms with E-state index in [-0.39, 0.29) is 13.1 Å². The lowest BCUT2D eigenvalue weighted by Crippen LogP contribution is -2.30. The van der Waals surface area contributed by atoms with E-state index in [0.717, 1.165) is 46.3 Å². The molecule has 2 heterocycles. The van der Waals surface area contributed by atoms with Crippen molar-refractivity contribution in [2.75, 3.05) is 24.7 Å². The molecular weight excluding hydrogens is 388 g/mol. The van der Waals surface area contributed by atoms with Gasteiger partial charge in [0.1, 0.15) is 17.9 Å². The number of sulfonamides is 1. The third-order valence-electron chi connectivity index (χ3n) is 4.90. The zero-order valence-electron chi connectivity index (χ0n) is 17.0. The molecule has 0 spiro atoms. The van der Waals surface area contributed by atoms with Crippen LogP contribution >= 0.6 is 0 Å². The Balaban J connectivity index is 1.93. The fraction of sp³-hybridized carbons (Fsp3) is 0.350. The van der Waals surface area contributed by atoms with Gasteiger partial charge in [0.05, 0.1) is 30.4 Å². The van der Waals surface area contributed by atoms with E-state index in [1.165, 1.54) is 4.31 Å². The summed E-state index contributed by atoms with van der Waals surface area (Å²) in [6.45, 7) is 2.05. The standard InChI is InChI=1S/C20H24N6O2S/c1-5-16-10-15(13-26(9-8-21)29(4,27)28)6-7-18(16)25(3)20-11-19-17(12-22-20)23-14-24(19)2/h6-7,10-12,14H,5,9,13H2,1-4H3. The van der Waals surface area contributed by atoms with Crippen LogP contribution in [0.3, 0.4) is 0 Å². The maximum absolute atomic E-state index is 11.9. The highest BCUT2D eigenvalue weighted by atomic mass is 32.2. The Hall–Kier alpha value is -2.96. The highest BCUT2D eigenvalue weighted by molar-refractivity contribution is 7.88. The average Bonchev–Trinajstić information content (AvgIpc) is 3.06. The number of aryl methyl sites for hydroxylation is 2. The molecule has 29 heavy (non-hydrogen) atoms. The first-order valence-electron chi connectivity index (χ1n) is 9.19. The van der Waals surface area contributed by atoms with Crippen LogP contribution in [0.5, 0.6) is 0 Å². The van der Waals surface area contributed by atoms with Crippen LogP contribution in [0.4, 0.5) is 11.5 Å². The van der Waals surface area contributed by atoms with Crippen LogP contribution in [0, 0.1) is 11.3 Å². The summed E-state index contributed by atoms with van der Waals surface area (Å²) in [5.41, 5.74) is 4.75. The van der Waals surface area contributed by atoms with Crippen molar-refractivity contribution in [3.05, 3.63) is 47.9 Å². The van der Waals surface area contributed by atoms with Crippen molar-refractivity contribution in [1.29, 1.82) is 5.26 Å². The molecule has 0 aliphatic heterocycles. The molecule has 0 saturated heterocycles. The molecule has 3 rings (SSSR count). The van der Waals surface area contributed by atoms with Gasteiger partial charge in [0.15, 0.2) is 0 Å². The molecular formula is C20H24N6O2S. The van der Waals surface area contributed by atoms with E-state index in [0.29, 0.717) is 0 Å². The maximum atomic E-state index is 11.9. The van der Waals surface area contributed by atoms with Crippen molar-refractivity contribution < 1.29 is 8.42 Å². The molecule has 0 saturated carbocycles. The third-order valence-corrected chi connectivity index (χ3v) is 6.10. The second-order valence-electron chi connectivity index (χ2n) is 6.95. The molecule has 3 aromatic rings. The van der Waals surface area contributed by atoms with Gasteiger partial charge in [-0.3, -0.25) is 0 Å². The van der Waals surface area contributed by atoms with Gasteiger partial charge in [0.25, 0.3) is 0 Å². The number of imidazole rings is 1. The first kappa shape index (κ1) is 20.8. The Morgan fingerprint density at radius 2 is 2.00 bits per heavy atom. The van der Waals surface area contributed by atoms with Gasteiger partial charge in [-0.15, -0.1) is 0 Å². The summed E-state index contributed by atoms with van der Waals surface area (Å²) >= 11 is 0. The summed E-state index contributed by atoms with van der Waals surface area (Å²) in [5.74, 6) is 0.797. The predicted molar refractivity (Wildman–Crippen MR) is 113 cm³/mol. The second-order valence-corrected chi connectivity index (χ2v) is 8.93. The Kier molecular flexibility index (Phi) is 5.86. The van der Waals surface area contributed by atoms with E-state index < -0.39 is 10.0 Å². The molecule has 1 aromatic carbocycles. The summed E-state index contributed by atoms with van der Waals surface area (Å²) in [5, 5.41) is 8.92. The van der Waals surface area contributed by atoms with Gasteiger partial charge in [-0.1, -0.05) is 19.1 Å². The van der Waals surface area contributed by atoms with Crippen molar-refractivity contribution in [2.24, 2.45) is 7.05 Å². The van der Waals surface area contributed by atoms with E-state index in [9.17, 15) is 8.42 Å². The van der Waals surface area contributed by atoms with Crippen LogP contribution in [-0.4, -0.2) is 47.1 Å². The number of hydrogen-bond donors (Lipinski definition) is 0. The van der Waals surface area contributed by atoms with E-state index >= 15 is 0 Å². The fourth-order valence-electron chi connectivity index (χ4n) is 3.25. The Bertz CT molecular complexity index is 1180. The summed E-state index contributed by atoms with van der Waals surface area (Å²) in [4.78, 5) is 10.8. The molecule has 0 radical (unpaired) electrons. The van der Waals surface area contributed by atoms with Gasteiger partial charge < -0.3 is 9.47 Å². The number of nitriles is 1. The lowest BCUT2D eigenvalue weighted by atomic mass is 10.1. The van der Waals surface area contributed by atoms with Crippen molar-refractivity contribution in [3.63, 3.8) is 0 Å². The van der Waals surface area contributed by atoms with Crippen LogP contribution in [0.25, 0.3) is 11.0 Å². The Morgan fingerprint density at radius 3 is 2.66 bits per heavy atom. The number of nitrogens with zero attached hydrogens (tertiary/aromatic N) is 6. The van der Waals surface area contributed by atoms with E-state index in [1.807, 2.05) is 53.9 Å². The van der Waals surface area contributed by atoms with Gasteiger partial charge in [-0.05, 0) is 23.6 Å². The van der Waals surface area contributed by atoms with Crippen molar-refractivity contribution in [1.82, 2.24) is 18.8 Å². The molecule has 0 amide bonds. The first-order valence-corrected chi connectivity index (χ1v) is 11.0. The molecule has 0 aliphatic rings. The number of hydrogen-bond acceptors (Lipinski definition) is 6. The van der Waals surface area contributed by atoms with Crippen LogP contribution < -0.4 is 4.90 Å². The monoisotopic (exact) mass is 412 g/mol. The van der Waals surface area contributed by atoms with Crippen molar-refractivity contribution >= 4 is 32.6 Å². The minimum absolute atomic E-state index is 0.169. The Morgan fingerprint density at radius 1 is 1.24 bits per heavy atom. The van der Waals surface area contributed by atoms with Crippen molar-refractivity contribution in [3.8, 4) is 6.07 Å². The van der Waals surface area contributed by atoms with Crippen LogP contribution in [0.2, 0.25) is 0 Å². The number of rotatable bonds is 7. The zero-order chi connectivity index (χ0) is 21.2. The highest BCUT2D eigenvalue weighted by Gasteiger charge is 2.18. The van der Waals surface area contributed by atoms with E-state index in [4.69, 9.17) is 5.26 Å². The molecule has 8 nitrogen and oxygen atoms in total. The lowest BCUT2D eigenvalue weighted by molar-refractivity contribution is 0.446. The highest BCUT2D eigenvalue weighted by Crippen LogP contribution is 2.29. The molecule has 0 N–H and O–H groups in total. The largest absolute Gasteiger partial charge is 0.334 e. The number of pyridine rings is 1. The van der Waals surface area contributed by atoms with Gasteiger partial charge in [-0.25, -0.2) is 18.4 Å². The number of anilines is 2. The second kappa shape index (κ2) is 8.19. The summed E-state index contributed by atoms with van der Waals surface area (Å²) in [6, 6.07) is 9.76. The quantitative estimate of drug-likeness (QED) is 0.554.